The van der Waals surface area contributed by atoms with Crippen molar-refractivity contribution in [2.75, 3.05) is 18.4 Å². The summed E-state index contributed by atoms with van der Waals surface area (Å²) in [5.41, 5.74) is 3.17. The number of aryl methyl sites for hydroxylation is 1. The first kappa shape index (κ1) is 14.1. The molecule has 0 heterocycles. The molecule has 1 N–H and O–H groups in total. The van der Waals surface area contributed by atoms with Crippen molar-refractivity contribution in [3.05, 3.63) is 35.4 Å². The maximum absolute atomic E-state index is 3.64. The predicted octanol–water partition coefficient (Wildman–Crippen LogP) is 4.26. The molecular formula is C16H24BrN. The van der Waals surface area contributed by atoms with Crippen molar-refractivity contribution < 1.29 is 0 Å². The minimum atomic E-state index is 0.742. The standard InChI is InChI=1S/C16H24BrN/c17-11-4-1-5-12-18-13-15-9-6-8-14-7-2-3-10-16(14)15/h2-3,7,10,15,18H,1,4-6,8-9,11-13H2. The van der Waals surface area contributed by atoms with Gasteiger partial charge in [-0.15, -0.1) is 0 Å². The third-order valence-electron chi connectivity index (χ3n) is 3.87. The Bertz CT molecular complexity index is 351. The van der Waals surface area contributed by atoms with Crippen LogP contribution in [0.3, 0.4) is 0 Å². The summed E-state index contributed by atoms with van der Waals surface area (Å²) in [6, 6.07) is 8.99. The first-order valence-corrected chi connectivity index (χ1v) is 8.38. The Balaban J connectivity index is 1.74. The fourth-order valence-corrected chi connectivity index (χ4v) is 3.26. The Labute approximate surface area is 119 Å². The highest BCUT2D eigenvalue weighted by molar-refractivity contribution is 9.09. The van der Waals surface area contributed by atoms with Crippen LogP contribution in [0.15, 0.2) is 24.3 Å². The topological polar surface area (TPSA) is 12.0 Å². The molecule has 0 fully saturated rings. The van der Waals surface area contributed by atoms with Crippen molar-refractivity contribution in [1.29, 1.82) is 0 Å². The number of hydrogen-bond donors (Lipinski definition) is 1. The van der Waals surface area contributed by atoms with E-state index in [4.69, 9.17) is 0 Å². The van der Waals surface area contributed by atoms with Crippen molar-refractivity contribution in [3.63, 3.8) is 0 Å². The molecule has 0 aliphatic heterocycles. The molecule has 0 spiro atoms. The SMILES string of the molecule is BrCCCCCNCC1CCCc2ccccc21. The van der Waals surface area contributed by atoms with Crippen LogP contribution in [0, 0.1) is 0 Å². The lowest BCUT2D eigenvalue weighted by Gasteiger charge is -2.25. The molecule has 2 rings (SSSR count). The summed E-state index contributed by atoms with van der Waals surface area (Å²) in [4.78, 5) is 0. The Kier molecular flexibility index (Phi) is 6.22. The lowest BCUT2D eigenvalue weighted by Crippen LogP contribution is -2.25. The fourth-order valence-electron chi connectivity index (χ4n) is 2.86. The van der Waals surface area contributed by atoms with Gasteiger partial charge in [-0.3, -0.25) is 0 Å². The molecule has 1 nitrogen and oxygen atoms in total. The van der Waals surface area contributed by atoms with Gasteiger partial charge in [0, 0.05) is 11.9 Å². The molecule has 0 bridgehead atoms. The quantitative estimate of drug-likeness (QED) is 0.586. The number of halogens is 1. The number of alkyl halides is 1. The smallest absolute Gasteiger partial charge is 0.00313 e. The molecule has 1 unspecified atom stereocenters. The minimum Gasteiger partial charge on any atom is -0.316 e. The van der Waals surface area contributed by atoms with Crippen molar-refractivity contribution >= 4 is 15.9 Å². The number of fused-ring (bicyclic) bond motifs is 1. The van der Waals surface area contributed by atoms with E-state index in [0.717, 1.165) is 17.8 Å². The molecule has 0 saturated carbocycles. The maximum Gasteiger partial charge on any atom is 0.00313 e. The normalized spacial score (nSPS) is 18.6. The van der Waals surface area contributed by atoms with E-state index in [1.165, 1.54) is 45.1 Å². The van der Waals surface area contributed by atoms with Crippen LogP contribution in [0.1, 0.15) is 49.1 Å². The van der Waals surface area contributed by atoms with Crippen LogP contribution in [-0.2, 0) is 6.42 Å². The second kappa shape index (κ2) is 7.96. The Morgan fingerprint density at radius 1 is 1.17 bits per heavy atom. The van der Waals surface area contributed by atoms with Crippen LogP contribution < -0.4 is 5.32 Å². The maximum atomic E-state index is 3.64. The van der Waals surface area contributed by atoms with E-state index in [1.807, 2.05) is 0 Å². The number of benzene rings is 1. The summed E-state index contributed by atoms with van der Waals surface area (Å²) in [6.07, 6.45) is 7.92. The third kappa shape index (κ3) is 4.10. The van der Waals surface area contributed by atoms with E-state index >= 15 is 0 Å². The lowest BCUT2D eigenvalue weighted by atomic mass is 9.83. The molecular weight excluding hydrogens is 286 g/mol. The van der Waals surface area contributed by atoms with Gasteiger partial charge in [0.05, 0.1) is 0 Å². The highest BCUT2D eigenvalue weighted by atomic mass is 79.9. The summed E-state index contributed by atoms with van der Waals surface area (Å²) in [6.45, 7) is 2.33. The fraction of sp³-hybridized carbons (Fsp3) is 0.625. The second-order valence-corrected chi connectivity index (χ2v) is 6.03. The number of unbranched alkanes of at least 4 members (excludes halogenated alkanes) is 2. The van der Waals surface area contributed by atoms with Crippen LogP contribution in [0.2, 0.25) is 0 Å². The number of hydrogen-bond acceptors (Lipinski definition) is 1. The summed E-state index contributed by atoms with van der Waals surface area (Å²) < 4.78 is 0. The summed E-state index contributed by atoms with van der Waals surface area (Å²) >= 11 is 3.48. The molecule has 1 aliphatic carbocycles. The molecule has 1 atom stereocenters. The molecule has 1 aliphatic rings. The Hall–Kier alpha value is -0.340. The van der Waals surface area contributed by atoms with Gasteiger partial charge in [-0.2, -0.15) is 0 Å². The van der Waals surface area contributed by atoms with Crippen molar-refractivity contribution in [2.45, 2.75) is 44.4 Å². The van der Waals surface area contributed by atoms with Gasteiger partial charge in [-0.1, -0.05) is 46.6 Å². The van der Waals surface area contributed by atoms with Gasteiger partial charge in [-0.05, 0) is 55.7 Å². The highest BCUT2D eigenvalue weighted by Gasteiger charge is 2.18. The zero-order valence-corrected chi connectivity index (χ0v) is 12.7. The lowest BCUT2D eigenvalue weighted by molar-refractivity contribution is 0.499. The molecule has 100 valence electrons. The summed E-state index contributed by atoms with van der Waals surface area (Å²) in [5.74, 6) is 0.742. The largest absolute Gasteiger partial charge is 0.316 e. The molecule has 0 aromatic heterocycles. The van der Waals surface area contributed by atoms with Crippen LogP contribution in [-0.4, -0.2) is 18.4 Å². The van der Waals surface area contributed by atoms with Gasteiger partial charge < -0.3 is 5.32 Å². The van der Waals surface area contributed by atoms with Gasteiger partial charge in [0.2, 0.25) is 0 Å². The highest BCUT2D eigenvalue weighted by Crippen LogP contribution is 2.30. The van der Waals surface area contributed by atoms with Gasteiger partial charge in [-0.25, -0.2) is 0 Å². The van der Waals surface area contributed by atoms with Crippen LogP contribution in [0.5, 0.6) is 0 Å². The van der Waals surface area contributed by atoms with Gasteiger partial charge >= 0.3 is 0 Å². The van der Waals surface area contributed by atoms with Crippen molar-refractivity contribution in [2.24, 2.45) is 0 Å². The van der Waals surface area contributed by atoms with E-state index in [1.54, 1.807) is 11.1 Å². The molecule has 2 heteroatoms. The van der Waals surface area contributed by atoms with Gasteiger partial charge in [0.15, 0.2) is 0 Å². The summed E-state index contributed by atoms with van der Waals surface area (Å²) in [7, 11) is 0. The van der Waals surface area contributed by atoms with Gasteiger partial charge in [0.1, 0.15) is 0 Å². The van der Waals surface area contributed by atoms with E-state index < -0.39 is 0 Å². The van der Waals surface area contributed by atoms with Crippen LogP contribution >= 0.6 is 15.9 Å². The van der Waals surface area contributed by atoms with E-state index in [2.05, 4.69) is 45.5 Å². The Morgan fingerprint density at radius 3 is 2.94 bits per heavy atom. The minimum absolute atomic E-state index is 0.742. The van der Waals surface area contributed by atoms with Crippen LogP contribution in [0.25, 0.3) is 0 Å². The Morgan fingerprint density at radius 2 is 2.06 bits per heavy atom. The molecule has 0 radical (unpaired) electrons. The van der Waals surface area contributed by atoms with Crippen molar-refractivity contribution in [1.82, 2.24) is 5.32 Å². The number of nitrogens with one attached hydrogen (secondary N) is 1. The first-order chi connectivity index (χ1) is 8.92. The summed E-state index contributed by atoms with van der Waals surface area (Å²) in [5, 5.41) is 4.78. The molecule has 1 aromatic rings. The van der Waals surface area contributed by atoms with E-state index in [9.17, 15) is 0 Å². The average molecular weight is 310 g/mol. The second-order valence-electron chi connectivity index (χ2n) is 5.24. The average Bonchev–Trinajstić information content (AvgIpc) is 2.43. The number of rotatable bonds is 7. The molecule has 1 aromatic carbocycles. The van der Waals surface area contributed by atoms with E-state index in [-0.39, 0.29) is 0 Å². The molecule has 0 saturated heterocycles. The van der Waals surface area contributed by atoms with Gasteiger partial charge in [0.25, 0.3) is 0 Å². The van der Waals surface area contributed by atoms with E-state index in [0.29, 0.717) is 0 Å². The molecule has 0 amide bonds. The zero-order chi connectivity index (χ0) is 12.6. The zero-order valence-electron chi connectivity index (χ0n) is 11.1. The molecule has 18 heavy (non-hydrogen) atoms. The van der Waals surface area contributed by atoms with Crippen LogP contribution in [0.4, 0.5) is 0 Å². The van der Waals surface area contributed by atoms with Crippen molar-refractivity contribution in [3.8, 4) is 0 Å². The first-order valence-electron chi connectivity index (χ1n) is 7.26. The monoisotopic (exact) mass is 309 g/mol. The third-order valence-corrected chi connectivity index (χ3v) is 4.43. The predicted molar refractivity (Wildman–Crippen MR) is 82.6 cm³/mol.